The van der Waals surface area contributed by atoms with Crippen LogP contribution in [0.2, 0.25) is 0 Å². The summed E-state index contributed by atoms with van der Waals surface area (Å²) in [6.45, 7) is 0.499. The third kappa shape index (κ3) is 6.03. The van der Waals surface area contributed by atoms with Crippen molar-refractivity contribution in [2.45, 2.75) is 25.0 Å². The average molecular weight is 468 g/mol. The van der Waals surface area contributed by atoms with Crippen molar-refractivity contribution in [3.63, 3.8) is 0 Å². The van der Waals surface area contributed by atoms with Crippen molar-refractivity contribution >= 4 is 21.6 Å². The van der Waals surface area contributed by atoms with Crippen LogP contribution in [0.25, 0.3) is 0 Å². The highest BCUT2D eigenvalue weighted by atomic mass is 32.2. The lowest BCUT2D eigenvalue weighted by Crippen LogP contribution is -2.42. The van der Waals surface area contributed by atoms with Gasteiger partial charge in [-0.05, 0) is 60.7 Å². The van der Waals surface area contributed by atoms with Gasteiger partial charge in [0.15, 0.2) is 0 Å². The summed E-state index contributed by atoms with van der Waals surface area (Å²) in [6.07, 6.45) is 5.18. The minimum absolute atomic E-state index is 0.108. The molecule has 2 heterocycles. The fourth-order valence-corrected chi connectivity index (χ4v) is 5.56. The minimum Gasteiger partial charge on any atom is -0.326 e. The van der Waals surface area contributed by atoms with Crippen molar-refractivity contribution in [2.75, 3.05) is 18.4 Å². The molecule has 0 bridgehead atoms. The van der Waals surface area contributed by atoms with Gasteiger partial charge in [0.1, 0.15) is 5.82 Å². The van der Waals surface area contributed by atoms with E-state index in [1.165, 1.54) is 28.1 Å². The fourth-order valence-electron chi connectivity index (χ4n) is 3.99. The summed E-state index contributed by atoms with van der Waals surface area (Å²) in [7, 11) is -3.64. The van der Waals surface area contributed by atoms with Crippen LogP contribution >= 0.6 is 0 Å². The molecule has 4 rings (SSSR count). The van der Waals surface area contributed by atoms with Gasteiger partial charge in [-0.2, -0.15) is 0 Å². The van der Waals surface area contributed by atoms with Crippen molar-refractivity contribution in [3.8, 4) is 0 Å². The van der Waals surface area contributed by atoms with E-state index >= 15 is 0 Å². The monoisotopic (exact) mass is 467 g/mol. The van der Waals surface area contributed by atoms with Gasteiger partial charge >= 0.3 is 0 Å². The number of sulfonamides is 1. The van der Waals surface area contributed by atoms with Crippen LogP contribution in [0.1, 0.15) is 29.5 Å². The Bertz CT molecular complexity index is 1190. The van der Waals surface area contributed by atoms with E-state index in [2.05, 4.69) is 10.3 Å². The van der Waals surface area contributed by atoms with E-state index in [9.17, 15) is 17.6 Å². The van der Waals surface area contributed by atoms with Crippen molar-refractivity contribution in [1.29, 1.82) is 0 Å². The molecule has 1 saturated heterocycles. The molecule has 6 nitrogen and oxygen atoms in total. The van der Waals surface area contributed by atoms with E-state index in [0.717, 1.165) is 12.0 Å². The molecule has 0 atom stereocenters. The largest absolute Gasteiger partial charge is 0.326 e. The number of piperidine rings is 1. The maximum atomic E-state index is 13.9. The normalized spacial score (nSPS) is 15.3. The fraction of sp³-hybridized carbons (Fsp3) is 0.280. The highest BCUT2D eigenvalue weighted by Gasteiger charge is 2.31. The first-order valence-corrected chi connectivity index (χ1v) is 12.5. The Kier molecular flexibility index (Phi) is 7.15. The Labute approximate surface area is 193 Å². The lowest BCUT2D eigenvalue weighted by molar-refractivity contribution is -0.120. The van der Waals surface area contributed by atoms with E-state index in [1.807, 2.05) is 36.4 Å². The first kappa shape index (κ1) is 23.1. The quantitative estimate of drug-likeness (QED) is 0.570. The second-order valence-corrected chi connectivity index (χ2v) is 10.2. The number of nitrogens with one attached hydrogen (secondary N) is 1. The Morgan fingerprint density at radius 3 is 2.27 bits per heavy atom. The Morgan fingerprint density at radius 2 is 1.61 bits per heavy atom. The van der Waals surface area contributed by atoms with Crippen LogP contribution < -0.4 is 5.32 Å². The van der Waals surface area contributed by atoms with Crippen LogP contribution in [0, 0.1) is 11.7 Å². The number of rotatable bonds is 7. The molecule has 0 unspecified atom stereocenters. The Hall–Kier alpha value is -3.10. The number of anilines is 1. The summed E-state index contributed by atoms with van der Waals surface area (Å²) < 4.78 is 40.6. The number of carbonyl (C=O) groups is 1. The molecular weight excluding hydrogens is 441 g/mol. The summed E-state index contributed by atoms with van der Waals surface area (Å²) >= 11 is 0. The number of hydrogen-bond acceptors (Lipinski definition) is 4. The van der Waals surface area contributed by atoms with Gasteiger partial charge < -0.3 is 5.32 Å². The van der Waals surface area contributed by atoms with E-state index in [0.29, 0.717) is 18.5 Å². The molecule has 1 fully saturated rings. The number of benzene rings is 2. The van der Waals surface area contributed by atoms with Crippen molar-refractivity contribution < 1.29 is 17.6 Å². The summed E-state index contributed by atoms with van der Waals surface area (Å²) in [5.41, 5.74) is 3.17. The van der Waals surface area contributed by atoms with Gasteiger partial charge in [0.05, 0.1) is 5.75 Å². The second-order valence-electron chi connectivity index (χ2n) is 8.24. The molecule has 33 heavy (non-hydrogen) atoms. The Morgan fingerprint density at radius 1 is 0.970 bits per heavy atom. The van der Waals surface area contributed by atoms with Gasteiger partial charge in [-0.25, -0.2) is 17.1 Å². The highest BCUT2D eigenvalue weighted by Crippen LogP contribution is 2.24. The van der Waals surface area contributed by atoms with Crippen LogP contribution in [0.3, 0.4) is 0 Å². The number of carbonyl (C=O) groups excluding carboxylic acids is 1. The van der Waals surface area contributed by atoms with E-state index in [4.69, 9.17) is 0 Å². The van der Waals surface area contributed by atoms with Crippen LogP contribution in [0.5, 0.6) is 0 Å². The van der Waals surface area contributed by atoms with Crippen LogP contribution in [-0.2, 0) is 27.0 Å². The van der Waals surface area contributed by atoms with Crippen LogP contribution in [0.15, 0.2) is 73.1 Å². The van der Waals surface area contributed by atoms with Gasteiger partial charge in [-0.1, -0.05) is 30.3 Å². The molecule has 1 aliphatic heterocycles. The number of halogens is 1. The van der Waals surface area contributed by atoms with E-state index < -0.39 is 15.8 Å². The molecular formula is C25H26FN3O3S. The summed E-state index contributed by atoms with van der Waals surface area (Å²) in [4.78, 5) is 16.7. The van der Waals surface area contributed by atoms with E-state index in [1.54, 1.807) is 18.5 Å². The summed E-state index contributed by atoms with van der Waals surface area (Å²) in [6, 6.07) is 17.5. The van der Waals surface area contributed by atoms with Gasteiger partial charge in [-0.3, -0.25) is 9.78 Å². The zero-order chi connectivity index (χ0) is 23.3. The molecule has 0 aliphatic carbocycles. The smallest absolute Gasteiger partial charge is 0.227 e. The molecule has 3 aromatic rings. The van der Waals surface area contributed by atoms with Crippen molar-refractivity contribution in [3.05, 3.63) is 95.6 Å². The summed E-state index contributed by atoms with van der Waals surface area (Å²) in [5, 5.41) is 2.94. The molecule has 0 saturated carbocycles. The molecule has 8 heteroatoms. The third-order valence-electron chi connectivity index (χ3n) is 5.89. The molecule has 2 aromatic carbocycles. The maximum Gasteiger partial charge on any atom is 0.227 e. The number of hydrogen-bond donors (Lipinski definition) is 1. The molecule has 1 aromatic heterocycles. The molecule has 0 spiro atoms. The molecule has 1 amide bonds. The Balaban J connectivity index is 1.29. The number of amides is 1. The first-order valence-electron chi connectivity index (χ1n) is 10.9. The van der Waals surface area contributed by atoms with Crippen LogP contribution in [-0.4, -0.2) is 36.7 Å². The predicted octanol–water partition coefficient (Wildman–Crippen LogP) is 3.99. The summed E-state index contributed by atoms with van der Waals surface area (Å²) in [5.74, 6) is -1.27. The molecule has 1 N–H and O–H groups in total. The van der Waals surface area contributed by atoms with Gasteiger partial charge in [-0.15, -0.1) is 0 Å². The predicted molar refractivity (Wildman–Crippen MR) is 125 cm³/mol. The number of pyridine rings is 1. The molecule has 172 valence electrons. The SMILES string of the molecule is O=C(Nc1ccc(Cc2ccncc2)cc1)C1CCN(S(=O)(=O)Cc2ccccc2F)CC1. The zero-order valence-corrected chi connectivity index (χ0v) is 19.0. The standard InChI is InChI=1S/C25H26FN3O3S/c26-24-4-2-1-3-22(24)18-33(31,32)29-15-11-21(12-16-29)25(30)28-23-7-5-19(6-8-23)17-20-9-13-27-14-10-20/h1-10,13-14,21H,11-12,15-18H2,(H,28,30). The minimum atomic E-state index is -3.64. The highest BCUT2D eigenvalue weighted by molar-refractivity contribution is 7.88. The molecule has 1 aliphatic rings. The van der Waals surface area contributed by atoms with Gasteiger partial charge in [0, 0.05) is 42.7 Å². The average Bonchev–Trinajstić information content (AvgIpc) is 2.82. The number of aromatic nitrogens is 1. The maximum absolute atomic E-state index is 13.9. The lowest BCUT2D eigenvalue weighted by Gasteiger charge is -2.30. The van der Waals surface area contributed by atoms with Gasteiger partial charge in [0.2, 0.25) is 15.9 Å². The topological polar surface area (TPSA) is 79.4 Å². The van der Waals surface area contributed by atoms with Crippen molar-refractivity contribution in [2.24, 2.45) is 5.92 Å². The first-order chi connectivity index (χ1) is 15.9. The molecule has 0 radical (unpaired) electrons. The van der Waals surface area contributed by atoms with Crippen LogP contribution in [0.4, 0.5) is 10.1 Å². The van der Waals surface area contributed by atoms with E-state index in [-0.39, 0.29) is 36.2 Å². The van der Waals surface area contributed by atoms with Gasteiger partial charge in [0.25, 0.3) is 0 Å². The third-order valence-corrected chi connectivity index (χ3v) is 7.72. The van der Waals surface area contributed by atoms with Crippen molar-refractivity contribution in [1.82, 2.24) is 9.29 Å². The number of nitrogens with zero attached hydrogens (tertiary/aromatic N) is 2. The zero-order valence-electron chi connectivity index (χ0n) is 18.2. The second kappa shape index (κ2) is 10.2. The lowest BCUT2D eigenvalue weighted by atomic mass is 9.97.